The fourth-order valence-electron chi connectivity index (χ4n) is 4.62. The Bertz CT molecular complexity index is 1340. The lowest BCUT2D eigenvalue weighted by atomic mass is 9.93. The number of ether oxygens (including phenoxy) is 2. The molecule has 0 saturated carbocycles. The lowest BCUT2D eigenvalue weighted by Gasteiger charge is -2.35. The molecule has 1 aliphatic rings. The number of methoxy groups -OCH3 is 1. The van der Waals surface area contributed by atoms with Crippen LogP contribution in [0, 0.1) is 0 Å². The SMILES string of the molecule is C/C=C(\COC)N1CCC(c2nccnc2Oc2ccc(C(=O)c3nc4ccccc4[nH]3)cc2)CC1. The predicted octanol–water partition coefficient (Wildman–Crippen LogP) is 5.11. The van der Waals surface area contributed by atoms with Crippen molar-refractivity contribution in [3.63, 3.8) is 0 Å². The Morgan fingerprint density at radius 1 is 1.08 bits per heavy atom. The van der Waals surface area contributed by atoms with Crippen molar-refractivity contribution in [3.05, 3.63) is 89.8 Å². The van der Waals surface area contributed by atoms with E-state index in [-0.39, 0.29) is 11.7 Å². The molecule has 4 aromatic rings. The summed E-state index contributed by atoms with van der Waals surface area (Å²) in [5, 5.41) is 0. The monoisotopic (exact) mass is 483 g/mol. The van der Waals surface area contributed by atoms with Gasteiger partial charge in [-0.25, -0.2) is 9.97 Å². The number of H-pyrrole nitrogens is 1. The van der Waals surface area contributed by atoms with Gasteiger partial charge in [0.2, 0.25) is 11.7 Å². The van der Waals surface area contributed by atoms with Gasteiger partial charge in [-0.3, -0.25) is 9.78 Å². The minimum absolute atomic E-state index is 0.168. The minimum Gasteiger partial charge on any atom is -0.437 e. The first kappa shape index (κ1) is 23.7. The van der Waals surface area contributed by atoms with Gasteiger partial charge in [-0.1, -0.05) is 18.2 Å². The van der Waals surface area contributed by atoms with Gasteiger partial charge in [-0.05, 0) is 56.2 Å². The number of carbonyl (C=O) groups excluding carboxylic acids is 1. The normalized spacial score (nSPS) is 14.8. The molecular weight excluding hydrogens is 454 g/mol. The molecule has 2 aromatic carbocycles. The van der Waals surface area contributed by atoms with Gasteiger partial charge < -0.3 is 19.4 Å². The molecule has 1 fully saturated rings. The maximum atomic E-state index is 12.9. The number of hydrogen-bond donors (Lipinski definition) is 1. The van der Waals surface area contributed by atoms with Crippen LogP contribution in [0.2, 0.25) is 0 Å². The molecule has 2 aromatic heterocycles. The number of allylic oxidation sites excluding steroid dienone is 1. The second kappa shape index (κ2) is 10.7. The third-order valence-electron chi connectivity index (χ3n) is 6.54. The number of aromatic amines is 1. The molecule has 5 rings (SSSR count). The lowest BCUT2D eigenvalue weighted by molar-refractivity contribution is 0.103. The summed E-state index contributed by atoms with van der Waals surface area (Å²) in [5.41, 5.74) is 4.21. The minimum atomic E-state index is -0.168. The summed E-state index contributed by atoms with van der Waals surface area (Å²) in [5.74, 6) is 1.53. The van der Waals surface area contributed by atoms with Gasteiger partial charge in [0.15, 0.2) is 5.82 Å². The molecule has 0 atom stereocenters. The molecular formula is C28H29N5O3. The number of nitrogens with one attached hydrogen (secondary N) is 1. The number of para-hydroxylation sites is 2. The van der Waals surface area contributed by atoms with Crippen LogP contribution in [0.4, 0.5) is 0 Å². The molecule has 0 spiro atoms. The highest BCUT2D eigenvalue weighted by molar-refractivity contribution is 6.08. The molecule has 0 aliphatic carbocycles. The first-order valence-corrected chi connectivity index (χ1v) is 12.1. The van der Waals surface area contributed by atoms with Gasteiger partial charge in [0.05, 0.1) is 17.6 Å². The molecule has 0 bridgehead atoms. The summed E-state index contributed by atoms with van der Waals surface area (Å²) in [6, 6.07) is 14.6. The smallest absolute Gasteiger partial charge is 0.241 e. The molecule has 3 heterocycles. The summed E-state index contributed by atoms with van der Waals surface area (Å²) in [7, 11) is 1.72. The van der Waals surface area contributed by atoms with E-state index in [2.05, 4.69) is 30.9 Å². The van der Waals surface area contributed by atoms with Crippen molar-refractivity contribution in [2.45, 2.75) is 25.7 Å². The van der Waals surface area contributed by atoms with Crippen LogP contribution in [0.3, 0.4) is 0 Å². The average molecular weight is 484 g/mol. The van der Waals surface area contributed by atoms with Gasteiger partial charge >= 0.3 is 0 Å². The van der Waals surface area contributed by atoms with E-state index in [4.69, 9.17) is 9.47 Å². The standard InChI is InChI=1S/C28H29N5O3/c1-3-21(18-35-2)33-16-12-19(13-17-33)25-28(30-15-14-29-25)36-22-10-8-20(9-11-22)26(34)27-31-23-6-4-5-7-24(23)32-27/h3-11,14-15,19H,12-13,16-18H2,1-2H3,(H,31,32)/b21-3+. The fraction of sp³-hybridized carbons (Fsp3) is 0.286. The number of ketones is 1. The molecule has 0 amide bonds. The van der Waals surface area contributed by atoms with Crippen molar-refractivity contribution in [2.75, 3.05) is 26.8 Å². The number of benzene rings is 2. The summed E-state index contributed by atoms with van der Waals surface area (Å²) in [6.07, 6.45) is 7.39. The van der Waals surface area contributed by atoms with Crippen molar-refractivity contribution in [3.8, 4) is 11.6 Å². The predicted molar refractivity (Wildman–Crippen MR) is 137 cm³/mol. The van der Waals surface area contributed by atoms with Crippen molar-refractivity contribution in [1.82, 2.24) is 24.8 Å². The molecule has 8 heteroatoms. The zero-order valence-corrected chi connectivity index (χ0v) is 20.5. The van der Waals surface area contributed by atoms with Crippen molar-refractivity contribution < 1.29 is 14.3 Å². The third kappa shape index (κ3) is 4.99. The summed E-state index contributed by atoms with van der Waals surface area (Å²) in [6.45, 7) is 4.53. The number of carbonyl (C=O) groups is 1. The van der Waals surface area contributed by atoms with Gasteiger partial charge in [0.25, 0.3) is 0 Å². The maximum Gasteiger partial charge on any atom is 0.241 e. The Balaban J connectivity index is 1.27. The van der Waals surface area contributed by atoms with E-state index in [0.29, 0.717) is 29.6 Å². The van der Waals surface area contributed by atoms with Crippen LogP contribution in [-0.4, -0.2) is 57.4 Å². The molecule has 0 radical (unpaired) electrons. The molecule has 8 nitrogen and oxygen atoms in total. The number of fused-ring (bicyclic) bond motifs is 1. The van der Waals surface area contributed by atoms with E-state index in [1.807, 2.05) is 31.2 Å². The second-order valence-electron chi connectivity index (χ2n) is 8.78. The number of aromatic nitrogens is 4. The second-order valence-corrected chi connectivity index (χ2v) is 8.78. The van der Waals surface area contributed by atoms with Crippen LogP contribution in [0.25, 0.3) is 11.0 Å². The molecule has 1 aliphatic heterocycles. The number of likely N-dealkylation sites (tertiary alicyclic amines) is 1. The van der Waals surface area contributed by atoms with Gasteiger partial charge in [0.1, 0.15) is 11.4 Å². The van der Waals surface area contributed by atoms with Crippen LogP contribution in [0.1, 0.15) is 47.6 Å². The molecule has 36 heavy (non-hydrogen) atoms. The Labute approximate surface area is 210 Å². The molecule has 184 valence electrons. The van der Waals surface area contributed by atoms with Crippen LogP contribution >= 0.6 is 0 Å². The highest BCUT2D eigenvalue weighted by atomic mass is 16.5. The highest BCUT2D eigenvalue weighted by Gasteiger charge is 2.26. The molecule has 1 saturated heterocycles. The first-order valence-electron chi connectivity index (χ1n) is 12.1. The number of rotatable bonds is 8. The highest BCUT2D eigenvalue weighted by Crippen LogP contribution is 2.34. The summed E-state index contributed by atoms with van der Waals surface area (Å²) in [4.78, 5) is 31.9. The van der Waals surface area contributed by atoms with E-state index in [9.17, 15) is 4.79 Å². The largest absolute Gasteiger partial charge is 0.437 e. The Morgan fingerprint density at radius 3 is 2.56 bits per heavy atom. The Hall–Kier alpha value is -4.04. The zero-order valence-electron chi connectivity index (χ0n) is 20.5. The van der Waals surface area contributed by atoms with Crippen LogP contribution in [0.5, 0.6) is 11.6 Å². The van der Waals surface area contributed by atoms with Crippen molar-refractivity contribution in [2.24, 2.45) is 0 Å². The topological polar surface area (TPSA) is 93.2 Å². The van der Waals surface area contributed by atoms with Crippen molar-refractivity contribution in [1.29, 1.82) is 0 Å². The van der Waals surface area contributed by atoms with Gasteiger partial charge in [-0.2, -0.15) is 0 Å². The third-order valence-corrected chi connectivity index (χ3v) is 6.54. The first-order chi connectivity index (χ1) is 17.7. The van der Waals surface area contributed by atoms with Crippen LogP contribution < -0.4 is 4.74 Å². The van der Waals surface area contributed by atoms with Crippen LogP contribution in [-0.2, 0) is 4.74 Å². The van der Waals surface area contributed by atoms with Gasteiger partial charge in [-0.15, -0.1) is 0 Å². The number of nitrogens with zero attached hydrogens (tertiary/aromatic N) is 4. The Kier molecular flexibility index (Phi) is 7.04. The van der Waals surface area contributed by atoms with Gasteiger partial charge in [0, 0.05) is 49.8 Å². The number of hydrogen-bond acceptors (Lipinski definition) is 7. The molecule has 0 unspecified atom stereocenters. The summed E-state index contributed by atoms with van der Waals surface area (Å²) >= 11 is 0. The summed E-state index contributed by atoms with van der Waals surface area (Å²) < 4.78 is 11.5. The lowest BCUT2D eigenvalue weighted by Crippen LogP contribution is -2.34. The molecule has 1 N–H and O–H groups in total. The van der Waals surface area contributed by atoms with Crippen molar-refractivity contribution >= 4 is 16.8 Å². The quantitative estimate of drug-likeness (QED) is 0.348. The van der Waals surface area contributed by atoms with E-state index >= 15 is 0 Å². The maximum absolute atomic E-state index is 12.9. The van der Waals surface area contributed by atoms with E-state index < -0.39 is 0 Å². The number of piperidine rings is 1. The average Bonchev–Trinajstić information content (AvgIpc) is 3.37. The zero-order chi connectivity index (χ0) is 24.9. The van der Waals surface area contributed by atoms with E-state index in [1.54, 1.807) is 43.8 Å². The Morgan fingerprint density at radius 2 is 1.83 bits per heavy atom. The van der Waals surface area contributed by atoms with E-state index in [0.717, 1.165) is 42.7 Å². The van der Waals surface area contributed by atoms with E-state index in [1.165, 1.54) is 5.70 Å². The fourth-order valence-corrected chi connectivity index (χ4v) is 4.62. The van der Waals surface area contributed by atoms with Crippen LogP contribution in [0.15, 0.2) is 72.7 Å². The number of imidazole rings is 1.